The van der Waals surface area contributed by atoms with Gasteiger partial charge < -0.3 is 9.47 Å². The molecular weight excluding hydrogens is 555 g/mol. The van der Waals surface area contributed by atoms with Crippen molar-refractivity contribution in [1.82, 2.24) is 9.55 Å². The fourth-order valence-electron chi connectivity index (χ4n) is 4.64. The molecule has 7 heteroatoms. The molecule has 3 aromatic carbocycles. The van der Waals surface area contributed by atoms with Crippen molar-refractivity contribution in [2.45, 2.75) is 28.3 Å². The number of nitrogens with one attached hydrogen (secondary N) is 1. The van der Waals surface area contributed by atoms with Crippen LogP contribution in [0.5, 0.6) is 0 Å². The van der Waals surface area contributed by atoms with Gasteiger partial charge in [0.1, 0.15) is 11.8 Å². The standard InChI is InChI=1S/C28H25IN2O4/c29-23-18-26(31-17-16-25(32)30-27(31)33)35-24(23)19-34-28(20-10-4-1-5-11-20,21-12-6-2-7-13-21)22-14-8-3-9-15-22/h1-17,23-24,26H,18-19H2,(H,30,32,33)/t23-,24+,26+/m0/s1. The Hall–Kier alpha value is -3.01. The first kappa shape index (κ1) is 23.7. The normalized spacial score (nSPS) is 20.1. The lowest BCUT2D eigenvalue weighted by atomic mass is 9.80. The van der Waals surface area contributed by atoms with Crippen molar-refractivity contribution in [3.8, 4) is 0 Å². The zero-order chi connectivity index (χ0) is 24.3. The number of aromatic nitrogens is 2. The van der Waals surface area contributed by atoms with Crippen molar-refractivity contribution in [2.75, 3.05) is 6.61 Å². The van der Waals surface area contributed by atoms with Gasteiger partial charge in [0.15, 0.2) is 0 Å². The minimum atomic E-state index is -0.837. The van der Waals surface area contributed by atoms with E-state index in [0.29, 0.717) is 13.0 Å². The van der Waals surface area contributed by atoms with Gasteiger partial charge in [-0.25, -0.2) is 4.79 Å². The van der Waals surface area contributed by atoms with Crippen LogP contribution in [0.25, 0.3) is 0 Å². The average molecular weight is 580 g/mol. The highest BCUT2D eigenvalue weighted by atomic mass is 127. The number of aromatic amines is 1. The molecule has 0 bridgehead atoms. The summed E-state index contributed by atoms with van der Waals surface area (Å²) >= 11 is 2.36. The van der Waals surface area contributed by atoms with E-state index in [1.807, 2.05) is 54.6 Å². The van der Waals surface area contributed by atoms with Gasteiger partial charge in [-0.1, -0.05) is 114 Å². The second kappa shape index (κ2) is 10.3. The number of rotatable bonds is 7. The van der Waals surface area contributed by atoms with Crippen molar-refractivity contribution >= 4 is 22.6 Å². The smallest absolute Gasteiger partial charge is 0.330 e. The summed E-state index contributed by atoms with van der Waals surface area (Å²) in [7, 11) is 0. The first-order chi connectivity index (χ1) is 17.1. The highest BCUT2D eigenvalue weighted by Gasteiger charge is 2.41. The predicted octanol–water partition coefficient (Wildman–Crippen LogP) is 4.64. The molecule has 4 aromatic rings. The second-order valence-electron chi connectivity index (χ2n) is 8.49. The number of benzene rings is 3. The molecule has 1 fully saturated rings. The number of ether oxygens (including phenoxy) is 2. The highest BCUT2D eigenvalue weighted by Crippen LogP contribution is 2.42. The van der Waals surface area contributed by atoms with Gasteiger partial charge in [-0.15, -0.1) is 0 Å². The van der Waals surface area contributed by atoms with Gasteiger partial charge in [-0.05, 0) is 16.7 Å². The van der Waals surface area contributed by atoms with Gasteiger partial charge in [0.2, 0.25) is 0 Å². The van der Waals surface area contributed by atoms with E-state index in [1.54, 1.807) is 0 Å². The number of hydrogen-bond acceptors (Lipinski definition) is 4. The van der Waals surface area contributed by atoms with Crippen molar-refractivity contribution in [3.05, 3.63) is 141 Å². The molecule has 1 aliphatic heterocycles. The van der Waals surface area contributed by atoms with Crippen molar-refractivity contribution < 1.29 is 9.47 Å². The molecule has 3 atom stereocenters. The van der Waals surface area contributed by atoms with Gasteiger partial charge in [0.05, 0.1) is 12.7 Å². The lowest BCUT2D eigenvalue weighted by Crippen LogP contribution is -2.37. The fourth-order valence-corrected chi connectivity index (χ4v) is 5.45. The van der Waals surface area contributed by atoms with E-state index in [9.17, 15) is 9.59 Å². The van der Waals surface area contributed by atoms with Crippen LogP contribution in [0.3, 0.4) is 0 Å². The Morgan fingerprint density at radius 3 is 1.86 bits per heavy atom. The molecule has 0 aliphatic carbocycles. The second-order valence-corrected chi connectivity index (χ2v) is 10.1. The summed E-state index contributed by atoms with van der Waals surface area (Å²) in [5.41, 5.74) is 1.33. The molecule has 0 amide bonds. The monoisotopic (exact) mass is 580 g/mol. The summed E-state index contributed by atoms with van der Waals surface area (Å²) in [6.45, 7) is 0.320. The first-order valence-corrected chi connectivity index (χ1v) is 12.7. The van der Waals surface area contributed by atoms with E-state index in [2.05, 4.69) is 64.0 Å². The molecule has 2 heterocycles. The van der Waals surface area contributed by atoms with Gasteiger partial charge in [0, 0.05) is 22.6 Å². The molecule has 178 valence electrons. The average Bonchev–Trinajstić information content (AvgIpc) is 3.26. The highest BCUT2D eigenvalue weighted by molar-refractivity contribution is 14.1. The first-order valence-electron chi connectivity index (χ1n) is 11.5. The summed E-state index contributed by atoms with van der Waals surface area (Å²) in [6, 6.07) is 31.9. The van der Waals surface area contributed by atoms with E-state index >= 15 is 0 Å². The van der Waals surface area contributed by atoms with E-state index in [0.717, 1.165) is 16.7 Å². The summed E-state index contributed by atoms with van der Waals surface area (Å²) in [5, 5.41) is 0. The Labute approximate surface area is 216 Å². The fraction of sp³-hybridized carbons (Fsp3) is 0.214. The van der Waals surface area contributed by atoms with Crippen LogP contribution < -0.4 is 11.2 Å². The van der Waals surface area contributed by atoms with Crippen LogP contribution in [0.15, 0.2) is 113 Å². The summed E-state index contributed by atoms with van der Waals surface area (Å²) < 4.78 is 14.8. The van der Waals surface area contributed by atoms with Crippen LogP contribution in [0.2, 0.25) is 0 Å². The van der Waals surface area contributed by atoms with Crippen LogP contribution in [0.4, 0.5) is 0 Å². The minimum absolute atomic E-state index is 0.122. The Balaban J connectivity index is 1.50. The molecule has 0 radical (unpaired) electrons. The van der Waals surface area contributed by atoms with Crippen molar-refractivity contribution in [3.63, 3.8) is 0 Å². The van der Waals surface area contributed by atoms with Crippen molar-refractivity contribution in [1.29, 1.82) is 0 Å². The summed E-state index contributed by atoms with van der Waals surface area (Å²) in [5.74, 6) is 0. The number of hydrogen-bond donors (Lipinski definition) is 1. The van der Waals surface area contributed by atoms with E-state index in [1.165, 1.54) is 16.8 Å². The lowest BCUT2D eigenvalue weighted by molar-refractivity contribution is -0.0759. The molecule has 6 nitrogen and oxygen atoms in total. The summed E-state index contributed by atoms with van der Waals surface area (Å²) in [4.78, 5) is 26.1. The van der Waals surface area contributed by atoms with Gasteiger partial charge >= 0.3 is 5.69 Å². The maximum Gasteiger partial charge on any atom is 0.330 e. The number of H-pyrrole nitrogens is 1. The molecule has 0 spiro atoms. The van der Waals surface area contributed by atoms with E-state index in [-0.39, 0.29) is 10.0 Å². The van der Waals surface area contributed by atoms with Crippen LogP contribution >= 0.6 is 22.6 Å². The van der Waals surface area contributed by atoms with Crippen LogP contribution in [-0.2, 0) is 15.1 Å². The third-order valence-electron chi connectivity index (χ3n) is 6.33. The molecule has 5 rings (SSSR count). The third kappa shape index (κ3) is 4.76. The quantitative estimate of drug-likeness (QED) is 0.197. The maximum absolute atomic E-state index is 12.3. The molecule has 0 saturated carbocycles. The predicted molar refractivity (Wildman–Crippen MR) is 143 cm³/mol. The van der Waals surface area contributed by atoms with Crippen LogP contribution in [0, 0.1) is 0 Å². The lowest BCUT2D eigenvalue weighted by Gasteiger charge is -2.37. The Morgan fingerprint density at radius 2 is 1.37 bits per heavy atom. The molecule has 1 aliphatic rings. The summed E-state index contributed by atoms with van der Waals surface area (Å²) in [6.07, 6.45) is 1.42. The molecule has 1 N–H and O–H groups in total. The maximum atomic E-state index is 12.3. The topological polar surface area (TPSA) is 73.3 Å². The third-order valence-corrected chi connectivity index (χ3v) is 7.64. The molecule has 1 saturated heterocycles. The molecule has 35 heavy (non-hydrogen) atoms. The number of nitrogens with zero attached hydrogens (tertiary/aromatic N) is 1. The van der Waals surface area contributed by atoms with Crippen LogP contribution in [0.1, 0.15) is 29.3 Å². The van der Waals surface area contributed by atoms with E-state index < -0.39 is 23.1 Å². The minimum Gasteiger partial charge on any atom is -0.358 e. The van der Waals surface area contributed by atoms with Crippen LogP contribution in [-0.4, -0.2) is 26.2 Å². The largest absolute Gasteiger partial charge is 0.358 e. The zero-order valence-corrected chi connectivity index (χ0v) is 21.1. The number of halogens is 1. The molecular formula is C28H25IN2O4. The molecule has 0 unspecified atom stereocenters. The van der Waals surface area contributed by atoms with Gasteiger partial charge in [-0.2, -0.15) is 0 Å². The Bertz CT molecular complexity index is 1280. The van der Waals surface area contributed by atoms with Crippen molar-refractivity contribution in [2.24, 2.45) is 0 Å². The molecule has 1 aromatic heterocycles. The SMILES string of the molecule is O=c1ccn([C@H]2C[C@H](I)[C@@H](COC(c3ccccc3)(c3ccccc3)c3ccccc3)O2)c(=O)[nH]1. The van der Waals surface area contributed by atoms with E-state index in [4.69, 9.17) is 9.47 Å². The zero-order valence-electron chi connectivity index (χ0n) is 18.9. The Morgan fingerprint density at radius 1 is 0.857 bits per heavy atom. The number of alkyl halides is 1. The Kier molecular flexibility index (Phi) is 6.99. The van der Waals surface area contributed by atoms with Gasteiger partial charge in [-0.3, -0.25) is 14.3 Å². The van der Waals surface area contributed by atoms with Gasteiger partial charge in [0.25, 0.3) is 5.56 Å².